The number of methoxy groups -OCH3 is 1. The number of nitrogens with one attached hydrogen (secondary N) is 1. The number of carbonyl (C=O) groups excluding carboxylic acids is 1. The molecule has 19 heavy (non-hydrogen) atoms. The van der Waals surface area contributed by atoms with Crippen molar-refractivity contribution >= 4 is 22.9 Å². The van der Waals surface area contributed by atoms with Crippen LogP contribution in [0.3, 0.4) is 0 Å². The summed E-state index contributed by atoms with van der Waals surface area (Å²) in [5, 5.41) is 4.73. The normalized spacial score (nSPS) is 11.9. The van der Waals surface area contributed by atoms with Crippen molar-refractivity contribution in [3.05, 3.63) is 46.2 Å². The van der Waals surface area contributed by atoms with Crippen LogP contribution < -0.4 is 15.8 Å². The SMILES string of the molecule is COc1csc(C(=O)NC(C)c2ccccc2N)c1. The summed E-state index contributed by atoms with van der Waals surface area (Å²) in [7, 11) is 1.58. The second-order valence-corrected chi connectivity index (χ2v) is 5.09. The molecule has 3 N–H and O–H groups in total. The van der Waals surface area contributed by atoms with Gasteiger partial charge < -0.3 is 15.8 Å². The number of amides is 1. The molecule has 100 valence electrons. The largest absolute Gasteiger partial charge is 0.496 e. The van der Waals surface area contributed by atoms with E-state index in [9.17, 15) is 4.79 Å². The Balaban J connectivity index is 2.08. The van der Waals surface area contributed by atoms with Crippen molar-refractivity contribution < 1.29 is 9.53 Å². The highest BCUT2D eigenvalue weighted by atomic mass is 32.1. The van der Waals surface area contributed by atoms with E-state index in [1.807, 2.05) is 31.2 Å². The average molecular weight is 276 g/mol. The molecule has 0 saturated carbocycles. The summed E-state index contributed by atoms with van der Waals surface area (Å²) >= 11 is 1.36. The smallest absolute Gasteiger partial charge is 0.261 e. The standard InChI is InChI=1S/C14H16N2O2S/c1-9(11-5-3-4-6-12(11)15)16-14(17)13-7-10(18-2)8-19-13/h3-9H,15H2,1-2H3,(H,16,17). The Morgan fingerprint density at radius 3 is 2.79 bits per heavy atom. The molecule has 1 unspecified atom stereocenters. The van der Waals surface area contributed by atoms with Crippen molar-refractivity contribution in [1.82, 2.24) is 5.32 Å². The molecule has 0 saturated heterocycles. The van der Waals surface area contributed by atoms with Crippen LogP contribution in [0.2, 0.25) is 0 Å². The fourth-order valence-corrected chi connectivity index (χ4v) is 2.55. The van der Waals surface area contributed by atoms with Crippen molar-refractivity contribution in [2.75, 3.05) is 12.8 Å². The number of anilines is 1. The molecule has 1 aromatic heterocycles. The van der Waals surface area contributed by atoms with E-state index in [-0.39, 0.29) is 11.9 Å². The van der Waals surface area contributed by atoms with E-state index in [2.05, 4.69) is 5.32 Å². The Bertz CT molecular complexity index is 580. The van der Waals surface area contributed by atoms with E-state index in [0.717, 1.165) is 5.56 Å². The van der Waals surface area contributed by atoms with Crippen molar-refractivity contribution in [2.24, 2.45) is 0 Å². The second-order valence-electron chi connectivity index (χ2n) is 4.17. The van der Waals surface area contributed by atoms with Crippen LogP contribution in [0.1, 0.15) is 28.2 Å². The van der Waals surface area contributed by atoms with Crippen LogP contribution in [-0.4, -0.2) is 13.0 Å². The molecule has 1 amide bonds. The number of hydrogen-bond donors (Lipinski definition) is 2. The third kappa shape index (κ3) is 3.06. The summed E-state index contributed by atoms with van der Waals surface area (Å²) in [5.41, 5.74) is 7.49. The Hall–Kier alpha value is -2.01. The maximum atomic E-state index is 12.1. The molecule has 5 heteroatoms. The van der Waals surface area contributed by atoms with E-state index in [1.54, 1.807) is 18.6 Å². The molecule has 4 nitrogen and oxygen atoms in total. The van der Waals surface area contributed by atoms with E-state index in [1.165, 1.54) is 11.3 Å². The summed E-state index contributed by atoms with van der Waals surface area (Å²) < 4.78 is 5.06. The first-order valence-electron chi connectivity index (χ1n) is 5.89. The Kier molecular flexibility index (Phi) is 4.06. The first-order chi connectivity index (χ1) is 9.11. The van der Waals surface area contributed by atoms with Crippen molar-refractivity contribution in [3.8, 4) is 5.75 Å². The highest BCUT2D eigenvalue weighted by molar-refractivity contribution is 7.12. The fourth-order valence-electron chi connectivity index (χ4n) is 1.80. The van der Waals surface area contributed by atoms with Gasteiger partial charge in [-0.05, 0) is 18.6 Å². The van der Waals surface area contributed by atoms with Gasteiger partial charge in [-0.2, -0.15) is 0 Å². The lowest BCUT2D eigenvalue weighted by Gasteiger charge is -2.15. The molecular weight excluding hydrogens is 260 g/mol. The summed E-state index contributed by atoms with van der Waals surface area (Å²) in [6, 6.07) is 9.10. The van der Waals surface area contributed by atoms with Gasteiger partial charge in [0.15, 0.2) is 0 Å². The van der Waals surface area contributed by atoms with Gasteiger partial charge in [-0.3, -0.25) is 4.79 Å². The van der Waals surface area contributed by atoms with E-state index in [4.69, 9.17) is 10.5 Å². The molecule has 0 radical (unpaired) electrons. The quantitative estimate of drug-likeness (QED) is 0.844. The highest BCUT2D eigenvalue weighted by Gasteiger charge is 2.15. The molecule has 2 aromatic rings. The van der Waals surface area contributed by atoms with Gasteiger partial charge >= 0.3 is 0 Å². The van der Waals surface area contributed by atoms with E-state index in [0.29, 0.717) is 16.3 Å². The zero-order chi connectivity index (χ0) is 13.8. The monoisotopic (exact) mass is 276 g/mol. The molecule has 0 fully saturated rings. The number of benzene rings is 1. The van der Waals surface area contributed by atoms with Gasteiger partial charge in [0, 0.05) is 17.1 Å². The van der Waals surface area contributed by atoms with Crippen LogP contribution in [0.25, 0.3) is 0 Å². The van der Waals surface area contributed by atoms with Gasteiger partial charge in [-0.25, -0.2) is 0 Å². The number of carbonyl (C=O) groups is 1. The molecule has 2 rings (SSSR count). The van der Waals surface area contributed by atoms with Gasteiger partial charge in [0.05, 0.1) is 18.0 Å². The zero-order valence-corrected chi connectivity index (χ0v) is 11.7. The first kappa shape index (κ1) is 13.4. The molecule has 0 aliphatic carbocycles. The highest BCUT2D eigenvalue weighted by Crippen LogP contribution is 2.23. The van der Waals surface area contributed by atoms with Gasteiger partial charge in [0.1, 0.15) is 5.75 Å². The average Bonchev–Trinajstić information content (AvgIpc) is 2.88. The molecule has 1 heterocycles. The fraction of sp³-hybridized carbons (Fsp3) is 0.214. The minimum atomic E-state index is -0.137. The summed E-state index contributed by atoms with van der Waals surface area (Å²) in [6.07, 6.45) is 0. The van der Waals surface area contributed by atoms with E-state index >= 15 is 0 Å². The van der Waals surface area contributed by atoms with E-state index < -0.39 is 0 Å². The predicted molar refractivity (Wildman–Crippen MR) is 77.6 cm³/mol. The van der Waals surface area contributed by atoms with Gasteiger partial charge in [-0.15, -0.1) is 11.3 Å². The van der Waals surface area contributed by atoms with Gasteiger partial charge in [0.25, 0.3) is 5.91 Å². The molecule has 0 bridgehead atoms. The summed E-state index contributed by atoms with van der Waals surface area (Å²) in [4.78, 5) is 12.7. The third-order valence-corrected chi connectivity index (χ3v) is 3.75. The van der Waals surface area contributed by atoms with Crippen molar-refractivity contribution in [3.63, 3.8) is 0 Å². The van der Waals surface area contributed by atoms with Crippen LogP contribution in [0, 0.1) is 0 Å². The Labute approximate surface area is 116 Å². The molecular formula is C14H16N2O2S. The molecule has 1 aromatic carbocycles. The number of nitrogens with two attached hydrogens (primary N) is 1. The van der Waals surface area contributed by atoms with Crippen LogP contribution in [-0.2, 0) is 0 Å². The lowest BCUT2D eigenvalue weighted by Crippen LogP contribution is -2.26. The number of rotatable bonds is 4. The Morgan fingerprint density at radius 2 is 2.16 bits per heavy atom. The van der Waals surface area contributed by atoms with Crippen molar-refractivity contribution in [1.29, 1.82) is 0 Å². The molecule has 0 spiro atoms. The third-order valence-electron chi connectivity index (χ3n) is 2.85. The molecule has 1 atom stereocenters. The zero-order valence-electron chi connectivity index (χ0n) is 10.8. The number of para-hydroxylation sites is 1. The number of ether oxygens (including phenoxy) is 1. The van der Waals surface area contributed by atoms with Crippen LogP contribution in [0.5, 0.6) is 5.75 Å². The number of nitrogen functional groups attached to an aromatic ring is 1. The lowest BCUT2D eigenvalue weighted by atomic mass is 10.1. The predicted octanol–water partition coefficient (Wildman–Crippen LogP) is 2.83. The van der Waals surface area contributed by atoms with Crippen LogP contribution >= 0.6 is 11.3 Å². The van der Waals surface area contributed by atoms with Crippen LogP contribution in [0.4, 0.5) is 5.69 Å². The lowest BCUT2D eigenvalue weighted by molar-refractivity contribution is 0.0944. The first-order valence-corrected chi connectivity index (χ1v) is 6.77. The topological polar surface area (TPSA) is 64.3 Å². The number of thiophene rings is 1. The summed E-state index contributed by atoms with van der Waals surface area (Å²) in [6.45, 7) is 1.91. The molecule has 0 aliphatic rings. The van der Waals surface area contributed by atoms with Crippen molar-refractivity contribution in [2.45, 2.75) is 13.0 Å². The maximum Gasteiger partial charge on any atom is 0.261 e. The Morgan fingerprint density at radius 1 is 1.42 bits per heavy atom. The summed E-state index contributed by atoms with van der Waals surface area (Å²) in [5.74, 6) is 0.575. The maximum absolute atomic E-state index is 12.1. The van der Waals surface area contributed by atoms with Gasteiger partial charge in [-0.1, -0.05) is 18.2 Å². The second kappa shape index (κ2) is 5.75. The number of hydrogen-bond acceptors (Lipinski definition) is 4. The molecule has 0 aliphatic heterocycles. The minimum absolute atomic E-state index is 0.121. The minimum Gasteiger partial charge on any atom is -0.496 e. The van der Waals surface area contributed by atoms with Crippen LogP contribution in [0.15, 0.2) is 35.7 Å². The van der Waals surface area contributed by atoms with Gasteiger partial charge in [0.2, 0.25) is 0 Å².